The lowest BCUT2D eigenvalue weighted by Gasteiger charge is -2.16. The van der Waals surface area contributed by atoms with Gasteiger partial charge >= 0.3 is 0 Å². The molecular weight excluding hydrogens is 364 g/mol. The molecule has 1 fully saturated rings. The molecule has 1 N–H and O–H groups in total. The van der Waals surface area contributed by atoms with Crippen LogP contribution in [0.15, 0.2) is 45.6 Å². The van der Waals surface area contributed by atoms with E-state index in [4.69, 9.17) is 4.52 Å². The Morgan fingerprint density at radius 3 is 3.04 bits per heavy atom. The fraction of sp³-hybridized carbons (Fsp3) is 0.263. The van der Waals surface area contributed by atoms with E-state index < -0.39 is 0 Å². The number of amides is 2. The molecule has 138 valence electrons. The van der Waals surface area contributed by atoms with Gasteiger partial charge in [-0.3, -0.25) is 9.59 Å². The predicted molar refractivity (Wildman–Crippen MR) is 103 cm³/mol. The Morgan fingerprint density at radius 1 is 1.33 bits per heavy atom. The van der Waals surface area contributed by atoms with E-state index in [-0.39, 0.29) is 18.2 Å². The summed E-state index contributed by atoms with van der Waals surface area (Å²) in [6.07, 6.45) is 2.05. The molecule has 1 aliphatic rings. The Morgan fingerprint density at radius 2 is 2.26 bits per heavy atom. The van der Waals surface area contributed by atoms with Crippen LogP contribution in [0.4, 0.5) is 11.4 Å². The molecule has 3 aromatic rings. The van der Waals surface area contributed by atoms with Gasteiger partial charge in [0.05, 0.1) is 0 Å². The molecular formula is C19H18N4O3S. The summed E-state index contributed by atoms with van der Waals surface area (Å²) < 4.78 is 5.21. The van der Waals surface area contributed by atoms with Gasteiger partial charge in [0.15, 0.2) is 0 Å². The second-order valence-electron chi connectivity index (χ2n) is 6.27. The van der Waals surface area contributed by atoms with Gasteiger partial charge in [-0.05, 0) is 36.1 Å². The molecule has 0 aliphatic carbocycles. The number of thiophene rings is 1. The van der Waals surface area contributed by atoms with Crippen molar-refractivity contribution in [3.05, 3.63) is 47.0 Å². The SMILES string of the molecule is O=C(CCc1nc(-c2ccsc2)no1)Nc1cccc(N2CCCC2=O)c1. The number of benzene rings is 1. The highest BCUT2D eigenvalue weighted by molar-refractivity contribution is 7.08. The number of rotatable bonds is 6. The number of hydrogen-bond acceptors (Lipinski definition) is 6. The maximum absolute atomic E-state index is 12.2. The zero-order valence-corrected chi connectivity index (χ0v) is 15.4. The van der Waals surface area contributed by atoms with E-state index in [9.17, 15) is 9.59 Å². The van der Waals surface area contributed by atoms with Crippen LogP contribution in [0.2, 0.25) is 0 Å². The van der Waals surface area contributed by atoms with Gasteiger partial charge in [-0.15, -0.1) is 0 Å². The third kappa shape index (κ3) is 4.06. The molecule has 0 unspecified atom stereocenters. The average Bonchev–Trinajstić information content (AvgIpc) is 3.41. The maximum atomic E-state index is 12.2. The summed E-state index contributed by atoms with van der Waals surface area (Å²) in [7, 11) is 0. The molecule has 0 saturated carbocycles. The number of hydrogen-bond donors (Lipinski definition) is 1. The van der Waals surface area contributed by atoms with Crippen molar-refractivity contribution >= 4 is 34.5 Å². The van der Waals surface area contributed by atoms with E-state index in [1.165, 1.54) is 0 Å². The molecule has 1 aliphatic heterocycles. The van der Waals surface area contributed by atoms with Crippen molar-refractivity contribution in [2.75, 3.05) is 16.8 Å². The second kappa shape index (κ2) is 7.71. The summed E-state index contributed by atoms with van der Waals surface area (Å²) in [5.74, 6) is 0.948. The Kier molecular flexibility index (Phi) is 4.97. The molecule has 2 aromatic heterocycles. The van der Waals surface area contributed by atoms with Gasteiger partial charge < -0.3 is 14.7 Å². The fourth-order valence-electron chi connectivity index (χ4n) is 2.98. The van der Waals surface area contributed by atoms with E-state index in [2.05, 4.69) is 15.5 Å². The molecule has 1 saturated heterocycles. The number of nitrogens with one attached hydrogen (secondary N) is 1. The van der Waals surface area contributed by atoms with E-state index in [0.29, 0.717) is 30.2 Å². The molecule has 0 atom stereocenters. The lowest BCUT2D eigenvalue weighted by Crippen LogP contribution is -2.23. The summed E-state index contributed by atoms with van der Waals surface area (Å²) in [4.78, 5) is 30.2. The zero-order chi connectivity index (χ0) is 18.6. The largest absolute Gasteiger partial charge is 0.339 e. The summed E-state index contributed by atoms with van der Waals surface area (Å²) >= 11 is 1.56. The summed E-state index contributed by atoms with van der Waals surface area (Å²) in [5.41, 5.74) is 2.39. The Balaban J connectivity index is 1.34. The lowest BCUT2D eigenvalue weighted by molar-refractivity contribution is -0.117. The number of aromatic nitrogens is 2. The molecule has 7 nitrogen and oxygen atoms in total. The minimum absolute atomic E-state index is 0.122. The first-order valence-corrected chi connectivity index (χ1v) is 9.69. The van der Waals surface area contributed by atoms with Crippen molar-refractivity contribution in [3.63, 3.8) is 0 Å². The van der Waals surface area contributed by atoms with Crippen LogP contribution in [0.25, 0.3) is 11.4 Å². The number of nitrogens with zero attached hydrogens (tertiary/aromatic N) is 3. The molecule has 27 heavy (non-hydrogen) atoms. The van der Waals surface area contributed by atoms with Crippen molar-refractivity contribution < 1.29 is 14.1 Å². The first-order chi connectivity index (χ1) is 13.2. The van der Waals surface area contributed by atoms with E-state index in [1.807, 2.05) is 41.1 Å². The lowest BCUT2D eigenvalue weighted by atomic mass is 10.2. The van der Waals surface area contributed by atoms with Gasteiger partial charge in [0.2, 0.25) is 23.5 Å². The molecule has 0 radical (unpaired) electrons. The Bertz CT molecular complexity index is 952. The van der Waals surface area contributed by atoms with Crippen LogP contribution in [-0.4, -0.2) is 28.5 Å². The van der Waals surface area contributed by atoms with Crippen LogP contribution in [0.5, 0.6) is 0 Å². The van der Waals surface area contributed by atoms with Gasteiger partial charge in [-0.1, -0.05) is 11.2 Å². The van der Waals surface area contributed by atoms with Crippen LogP contribution in [0.1, 0.15) is 25.2 Å². The molecule has 4 rings (SSSR count). The van der Waals surface area contributed by atoms with Crippen LogP contribution in [0, 0.1) is 0 Å². The van der Waals surface area contributed by atoms with Crippen molar-refractivity contribution in [2.45, 2.75) is 25.7 Å². The van der Waals surface area contributed by atoms with Crippen LogP contribution in [0.3, 0.4) is 0 Å². The smallest absolute Gasteiger partial charge is 0.227 e. The second-order valence-corrected chi connectivity index (χ2v) is 7.05. The van der Waals surface area contributed by atoms with Crippen molar-refractivity contribution in [2.24, 2.45) is 0 Å². The summed E-state index contributed by atoms with van der Waals surface area (Å²) in [6.45, 7) is 0.722. The van der Waals surface area contributed by atoms with E-state index in [1.54, 1.807) is 16.2 Å². The number of aryl methyl sites for hydroxylation is 1. The predicted octanol–water partition coefficient (Wildman–Crippen LogP) is 3.50. The topological polar surface area (TPSA) is 88.3 Å². The van der Waals surface area contributed by atoms with Crippen LogP contribution < -0.4 is 10.2 Å². The Labute approximate surface area is 160 Å². The third-order valence-corrected chi connectivity index (χ3v) is 5.01. The monoisotopic (exact) mass is 382 g/mol. The van der Waals surface area contributed by atoms with Crippen LogP contribution >= 0.6 is 11.3 Å². The molecule has 0 spiro atoms. The van der Waals surface area contributed by atoms with Gasteiger partial charge in [0.1, 0.15) is 0 Å². The van der Waals surface area contributed by atoms with Gasteiger partial charge in [0.25, 0.3) is 0 Å². The average molecular weight is 382 g/mol. The van der Waals surface area contributed by atoms with Crippen LogP contribution in [-0.2, 0) is 16.0 Å². The molecule has 1 aromatic carbocycles. The molecule has 8 heteroatoms. The highest BCUT2D eigenvalue weighted by Crippen LogP contribution is 2.24. The minimum Gasteiger partial charge on any atom is -0.339 e. The number of carbonyl (C=O) groups excluding carboxylic acids is 2. The van der Waals surface area contributed by atoms with Crippen molar-refractivity contribution in [3.8, 4) is 11.4 Å². The first-order valence-electron chi connectivity index (χ1n) is 8.74. The standard InChI is InChI=1S/C19H18N4O3S/c24-16(6-7-17-21-19(22-26-17)13-8-10-27-12-13)20-14-3-1-4-15(11-14)23-9-2-5-18(23)25/h1,3-4,8,10-12H,2,5-7,9H2,(H,20,24). The minimum atomic E-state index is -0.143. The van der Waals surface area contributed by atoms with E-state index >= 15 is 0 Å². The van der Waals surface area contributed by atoms with Gasteiger partial charge in [0, 0.05) is 48.1 Å². The fourth-order valence-corrected chi connectivity index (χ4v) is 3.62. The van der Waals surface area contributed by atoms with Crippen molar-refractivity contribution in [1.29, 1.82) is 0 Å². The van der Waals surface area contributed by atoms with Gasteiger partial charge in [-0.25, -0.2) is 0 Å². The van der Waals surface area contributed by atoms with E-state index in [0.717, 1.165) is 24.2 Å². The maximum Gasteiger partial charge on any atom is 0.227 e. The summed E-state index contributed by atoms with van der Waals surface area (Å²) in [6, 6.07) is 9.26. The normalized spacial score (nSPS) is 13.9. The number of anilines is 2. The highest BCUT2D eigenvalue weighted by Gasteiger charge is 2.21. The van der Waals surface area contributed by atoms with Gasteiger partial charge in [-0.2, -0.15) is 16.3 Å². The highest BCUT2D eigenvalue weighted by atomic mass is 32.1. The number of carbonyl (C=O) groups is 2. The van der Waals surface area contributed by atoms with Crippen molar-refractivity contribution in [1.82, 2.24) is 10.1 Å². The quantitative estimate of drug-likeness (QED) is 0.705. The molecule has 0 bridgehead atoms. The molecule has 3 heterocycles. The first kappa shape index (κ1) is 17.4. The summed E-state index contributed by atoms with van der Waals surface area (Å²) in [5, 5.41) is 10.7. The zero-order valence-electron chi connectivity index (χ0n) is 14.6. The molecule has 2 amide bonds. The Hall–Kier alpha value is -3.00. The third-order valence-electron chi connectivity index (χ3n) is 4.33.